The summed E-state index contributed by atoms with van der Waals surface area (Å²) < 4.78 is 23.0. The molecule has 4 nitrogen and oxygen atoms in total. The van der Waals surface area contributed by atoms with Gasteiger partial charge in [0.25, 0.3) is 0 Å². The van der Waals surface area contributed by atoms with Crippen LogP contribution in [0, 0.1) is 0 Å². The number of anilines is 1. The number of hydrogen-bond acceptors (Lipinski definition) is 4. The molecule has 2 aromatic rings. The van der Waals surface area contributed by atoms with Gasteiger partial charge in [0.05, 0.1) is 0 Å². The van der Waals surface area contributed by atoms with Gasteiger partial charge < -0.3 is 14.4 Å². The Bertz CT molecular complexity index is 566. The molecule has 0 bridgehead atoms. The van der Waals surface area contributed by atoms with Crippen molar-refractivity contribution < 1.29 is 13.6 Å². The Morgan fingerprint density at radius 1 is 0.900 bits per heavy atom. The van der Waals surface area contributed by atoms with Crippen molar-refractivity contribution in [1.82, 2.24) is 0 Å². The van der Waals surface area contributed by atoms with E-state index in [9.17, 15) is 4.57 Å². The van der Waals surface area contributed by atoms with Gasteiger partial charge in [0.1, 0.15) is 0 Å². The van der Waals surface area contributed by atoms with E-state index in [2.05, 4.69) is 5.32 Å². The predicted octanol–water partition coefficient (Wildman–Crippen LogP) is 4.28. The SMILES string of the molecule is COP(=O)(OC)[C@H](Nc1ccccc1)c1ccccc1. The van der Waals surface area contributed by atoms with E-state index in [1.54, 1.807) is 0 Å². The fraction of sp³-hybridized carbons (Fsp3) is 0.200. The Morgan fingerprint density at radius 2 is 1.40 bits per heavy atom. The van der Waals surface area contributed by atoms with E-state index >= 15 is 0 Å². The molecule has 0 heterocycles. The lowest BCUT2D eigenvalue weighted by Crippen LogP contribution is -2.13. The van der Waals surface area contributed by atoms with Gasteiger partial charge in [0, 0.05) is 19.9 Å². The van der Waals surface area contributed by atoms with Crippen molar-refractivity contribution in [1.29, 1.82) is 0 Å². The molecule has 0 unspecified atom stereocenters. The molecule has 1 atom stereocenters. The zero-order chi connectivity index (χ0) is 14.4. The molecule has 0 saturated carbocycles. The van der Waals surface area contributed by atoms with Gasteiger partial charge in [-0.2, -0.15) is 0 Å². The van der Waals surface area contributed by atoms with Crippen molar-refractivity contribution in [2.24, 2.45) is 0 Å². The van der Waals surface area contributed by atoms with E-state index in [1.165, 1.54) is 14.2 Å². The second-order valence-electron chi connectivity index (χ2n) is 4.23. The number of nitrogens with one attached hydrogen (secondary N) is 1. The maximum absolute atomic E-state index is 12.7. The highest BCUT2D eigenvalue weighted by Crippen LogP contribution is 2.59. The molecule has 5 heteroatoms. The van der Waals surface area contributed by atoms with Crippen LogP contribution in [0.2, 0.25) is 0 Å². The molecule has 1 N–H and O–H groups in total. The molecule has 0 spiro atoms. The third-order valence-corrected chi connectivity index (χ3v) is 5.10. The van der Waals surface area contributed by atoms with Crippen LogP contribution in [0.3, 0.4) is 0 Å². The van der Waals surface area contributed by atoms with Crippen LogP contribution in [0.5, 0.6) is 0 Å². The molecule has 106 valence electrons. The molecule has 0 aliphatic rings. The molecule has 20 heavy (non-hydrogen) atoms. The first-order valence-corrected chi connectivity index (χ1v) is 7.88. The predicted molar refractivity (Wildman–Crippen MR) is 80.9 cm³/mol. The highest BCUT2D eigenvalue weighted by molar-refractivity contribution is 7.54. The van der Waals surface area contributed by atoms with E-state index < -0.39 is 13.4 Å². The average Bonchev–Trinajstić information content (AvgIpc) is 2.54. The summed E-state index contributed by atoms with van der Waals surface area (Å²) in [5.41, 5.74) is 1.71. The Balaban J connectivity index is 2.37. The summed E-state index contributed by atoms with van der Waals surface area (Å²) in [5, 5.41) is 3.22. The molecule has 0 aliphatic carbocycles. The van der Waals surface area contributed by atoms with Crippen LogP contribution in [-0.2, 0) is 13.6 Å². The van der Waals surface area contributed by atoms with Gasteiger partial charge in [-0.05, 0) is 17.7 Å². The Morgan fingerprint density at radius 3 is 1.90 bits per heavy atom. The molecule has 2 aromatic carbocycles. The summed E-state index contributed by atoms with van der Waals surface area (Å²) >= 11 is 0. The van der Waals surface area contributed by atoms with Crippen LogP contribution in [0.4, 0.5) is 5.69 Å². The standard InChI is InChI=1S/C15H18NO3P/c1-18-20(17,19-2)15(13-9-5-3-6-10-13)16-14-11-7-4-8-12-14/h3-12,15-16H,1-2H3/t15-/m0/s1. The normalized spacial score (nSPS) is 12.9. The van der Waals surface area contributed by atoms with Gasteiger partial charge >= 0.3 is 7.60 Å². The maximum atomic E-state index is 12.7. The van der Waals surface area contributed by atoms with Crippen LogP contribution >= 0.6 is 7.60 Å². The van der Waals surface area contributed by atoms with Crippen LogP contribution in [0.15, 0.2) is 60.7 Å². The smallest absolute Gasteiger partial charge is 0.356 e. The number of para-hydroxylation sites is 1. The summed E-state index contributed by atoms with van der Waals surface area (Å²) in [6, 6.07) is 19.1. The van der Waals surface area contributed by atoms with E-state index in [1.807, 2.05) is 60.7 Å². The first-order valence-electron chi connectivity index (χ1n) is 6.27. The summed E-state index contributed by atoms with van der Waals surface area (Å²) in [4.78, 5) is 0. The highest BCUT2D eigenvalue weighted by Gasteiger charge is 2.35. The monoisotopic (exact) mass is 291 g/mol. The molecule has 0 fully saturated rings. The van der Waals surface area contributed by atoms with Crippen molar-refractivity contribution in [2.45, 2.75) is 5.78 Å². The van der Waals surface area contributed by atoms with Crippen LogP contribution < -0.4 is 5.32 Å². The third kappa shape index (κ3) is 3.28. The lowest BCUT2D eigenvalue weighted by atomic mass is 10.2. The lowest BCUT2D eigenvalue weighted by molar-refractivity contribution is 0.268. The van der Waals surface area contributed by atoms with Crippen LogP contribution in [-0.4, -0.2) is 14.2 Å². The number of rotatable bonds is 6. The topological polar surface area (TPSA) is 47.6 Å². The molecule has 2 rings (SSSR count). The Kier molecular flexibility index (Phi) is 4.96. The molecule has 0 saturated heterocycles. The molecule has 0 aliphatic heterocycles. The van der Waals surface area contributed by atoms with Crippen molar-refractivity contribution >= 4 is 13.3 Å². The van der Waals surface area contributed by atoms with Crippen molar-refractivity contribution in [3.63, 3.8) is 0 Å². The van der Waals surface area contributed by atoms with Gasteiger partial charge in [-0.25, -0.2) is 0 Å². The fourth-order valence-corrected chi connectivity index (χ4v) is 3.37. The molecule has 0 amide bonds. The first-order chi connectivity index (χ1) is 9.69. The fourth-order valence-electron chi connectivity index (χ4n) is 1.96. The second kappa shape index (κ2) is 6.71. The van der Waals surface area contributed by atoms with E-state index in [-0.39, 0.29) is 0 Å². The average molecular weight is 291 g/mol. The zero-order valence-electron chi connectivity index (χ0n) is 11.5. The minimum Gasteiger partial charge on any atom is -0.368 e. The molecular weight excluding hydrogens is 273 g/mol. The van der Waals surface area contributed by atoms with Crippen LogP contribution in [0.1, 0.15) is 11.3 Å². The van der Waals surface area contributed by atoms with E-state index in [0.29, 0.717) is 0 Å². The molecular formula is C15H18NO3P. The first kappa shape index (κ1) is 14.8. The largest absolute Gasteiger partial charge is 0.368 e. The zero-order valence-corrected chi connectivity index (χ0v) is 12.4. The van der Waals surface area contributed by atoms with E-state index in [0.717, 1.165) is 11.3 Å². The van der Waals surface area contributed by atoms with Gasteiger partial charge in [0.15, 0.2) is 5.78 Å². The van der Waals surface area contributed by atoms with E-state index in [4.69, 9.17) is 9.05 Å². The van der Waals surface area contributed by atoms with Crippen molar-refractivity contribution in [3.8, 4) is 0 Å². The van der Waals surface area contributed by atoms with Crippen LogP contribution in [0.25, 0.3) is 0 Å². The maximum Gasteiger partial charge on any atom is 0.356 e. The highest BCUT2D eigenvalue weighted by atomic mass is 31.2. The van der Waals surface area contributed by atoms with Crippen molar-refractivity contribution in [2.75, 3.05) is 19.5 Å². The van der Waals surface area contributed by atoms with Gasteiger partial charge in [0.2, 0.25) is 0 Å². The summed E-state index contributed by atoms with van der Waals surface area (Å²) in [5.74, 6) is -0.555. The Hall–Kier alpha value is -1.61. The molecule has 0 aromatic heterocycles. The third-order valence-electron chi connectivity index (χ3n) is 3.02. The minimum absolute atomic E-state index is 0.555. The summed E-state index contributed by atoms with van der Waals surface area (Å²) in [7, 11) is -0.498. The number of benzene rings is 2. The summed E-state index contributed by atoms with van der Waals surface area (Å²) in [6.07, 6.45) is 0. The van der Waals surface area contributed by atoms with Gasteiger partial charge in [-0.15, -0.1) is 0 Å². The lowest BCUT2D eigenvalue weighted by Gasteiger charge is -2.26. The quantitative estimate of drug-likeness (QED) is 0.807. The molecule has 0 radical (unpaired) electrons. The van der Waals surface area contributed by atoms with Gasteiger partial charge in [-0.1, -0.05) is 48.5 Å². The Labute approximate surface area is 119 Å². The second-order valence-corrected chi connectivity index (χ2v) is 6.55. The van der Waals surface area contributed by atoms with Crippen molar-refractivity contribution in [3.05, 3.63) is 66.2 Å². The summed E-state index contributed by atoms with van der Waals surface area (Å²) in [6.45, 7) is 0. The number of hydrogen-bond donors (Lipinski definition) is 1. The van der Waals surface area contributed by atoms with Gasteiger partial charge in [-0.3, -0.25) is 4.57 Å². The minimum atomic E-state index is -3.29.